The quantitative estimate of drug-likeness (QED) is 0.614. The van der Waals surface area contributed by atoms with Gasteiger partial charge in [0.25, 0.3) is 11.8 Å². The van der Waals surface area contributed by atoms with Gasteiger partial charge in [0.05, 0.1) is 19.1 Å². The first-order valence-corrected chi connectivity index (χ1v) is 9.11. The van der Waals surface area contributed by atoms with Crippen LogP contribution >= 0.6 is 24.0 Å². The number of hydrazine groups is 1. The van der Waals surface area contributed by atoms with Crippen LogP contribution in [-0.4, -0.2) is 35.4 Å². The Labute approximate surface area is 166 Å². The monoisotopic (exact) mass is 400 g/mol. The van der Waals surface area contributed by atoms with E-state index in [2.05, 4.69) is 5.43 Å². The summed E-state index contributed by atoms with van der Waals surface area (Å²) in [5.41, 5.74) is 3.71. The predicted molar refractivity (Wildman–Crippen MR) is 108 cm³/mol. The second-order valence-electron chi connectivity index (χ2n) is 5.47. The first-order chi connectivity index (χ1) is 13.0. The average molecular weight is 400 g/mol. The van der Waals surface area contributed by atoms with Crippen molar-refractivity contribution in [2.75, 3.05) is 14.2 Å². The van der Waals surface area contributed by atoms with Gasteiger partial charge >= 0.3 is 0 Å². The Morgan fingerprint density at radius 1 is 1.11 bits per heavy atom. The number of amides is 2. The molecule has 6 nitrogen and oxygen atoms in total. The summed E-state index contributed by atoms with van der Waals surface area (Å²) in [7, 11) is 3.11. The SMILES string of the molecule is COc1cc(/C=C2/SC(=S)N(NC(=O)c3ccccc3)C2=O)cc(OC)c1. The predicted octanol–water partition coefficient (Wildman–Crippen LogP) is 3.25. The fourth-order valence-electron chi connectivity index (χ4n) is 2.38. The molecule has 1 saturated heterocycles. The summed E-state index contributed by atoms with van der Waals surface area (Å²) in [4.78, 5) is 25.4. The third kappa shape index (κ3) is 4.29. The van der Waals surface area contributed by atoms with Crippen molar-refractivity contribution in [2.45, 2.75) is 0 Å². The second kappa shape index (κ2) is 8.24. The van der Waals surface area contributed by atoms with E-state index in [1.807, 2.05) is 6.07 Å². The third-order valence-electron chi connectivity index (χ3n) is 3.71. The van der Waals surface area contributed by atoms with E-state index < -0.39 is 11.8 Å². The maximum absolute atomic E-state index is 12.7. The van der Waals surface area contributed by atoms with E-state index in [4.69, 9.17) is 21.7 Å². The highest BCUT2D eigenvalue weighted by atomic mass is 32.2. The summed E-state index contributed by atoms with van der Waals surface area (Å²) in [6.45, 7) is 0. The van der Waals surface area contributed by atoms with Crippen LogP contribution < -0.4 is 14.9 Å². The van der Waals surface area contributed by atoms with E-state index in [-0.39, 0.29) is 4.32 Å². The minimum absolute atomic E-state index is 0.255. The first-order valence-electron chi connectivity index (χ1n) is 7.89. The van der Waals surface area contributed by atoms with E-state index >= 15 is 0 Å². The van der Waals surface area contributed by atoms with Gasteiger partial charge in [-0.2, -0.15) is 5.01 Å². The van der Waals surface area contributed by atoms with Crippen LogP contribution in [0.4, 0.5) is 0 Å². The molecule has 0 aliphatic carbocycles. The maximum Gasteiger partial charge on any atom is 0.285 e. The highest BCUT2D eigenvalue weighted by Crippen LogP contribution is 2.33. The molecule has 138 valence electrons. The van der Waals surface area contributed by atoms with E-state index in [0.717, 1.165) is 22.3 Å². The Hall–Kier alpha value is -2.84. The topological polar surface area (TPSA) is 67.9 Å². The van der Waals surface area contributed by atoms with Crippen molar-refractivity contribution < 1.29 is 19.1 Å². The molecule has 2 amide bonds. The number of rotatable bonds is 5. The zero-order chi connectivity index (χ0) is 19.4. The van der Waals surface area contributed by atoms with Crippen LogP contribution in [-0.2, 0) is 4.79 Å². The molecule has 0 radical (unpaired) electrons. The molecule has 2 aromatic carbocycles. The molecule has 2 aromatic rings. The number of hydrogen-bond donors (Lipinski definition) is 1. The van der Waals surface area contributed by atoms with Crippen molar-refractivity contribution >= 4 is 46.2 Å². The van der Waals surface area contributed by atoms with Crippen LogP contribution in [0.1, 0.15) is 15.9 Å². The van der Waals surface area contributed by atoms with Crippen molar-refractivity contribution in [3.63, 3.8) is 0 Å². The number of thioether (sulfide) groups is 1. The second-order valence-corrected chi connectivity index (χ2v) is 7.15. The molecule has 0 aromatic heterocycles. The molecular formula is C19H16N2O4S2. The Kier molecular flexibility index (Phi) is 5.78. The van der Waals surface area contributed by atoms with Gasteiger partial charge in [0, 0.05) is 11.6 Å². The van der Waals surface area contributed by atoms with Crippen molar-refractivity contribution in [2.24, 2.45) is 0 Å². The van der Waals surface area contributed by atoms with E-state index in [1.54, 1.807) is 62.8 Å². The highest BCUT2D eigenvalue weighted by Gasteiger charge is 2.33. The number of nitrogens with zero attached hydrogens (tertiary/aromatic N) is 1. The summed E-state index contributed by atoms with van der Waals surface area (Å²) in [6.07, 6.45) is 1.68. The minimum Gasteiger partial charge on any atom is -0.497 e. The standard InChI is InChI=1S/C19H16N2O4S2/c1-24-14-8-12(9-15(11-14)25-2)10-16-18(23)21(19(26)27-16)20-17(22)13-6-4-3-5-7-13/h3-11H,1-2H3,(H,20,22)/b16-10+. The lowest BCUT2D eigenvalue weighted by molar-refractivity contribution is -0.123. The normalized spacial score (nSPS) is 15.2. The van der Waals surface area contributed by atoms with Crippen LogP contribution in [0, 0.1) is 0 Å². The van der Waals surface area contributed by atoms with Gasteiger partial charge in [-0.15, -0.1) is 0 Å². The molecule has 0 spiro atoms. The highest BCUT2D eigenvalue weighted by molar-refractivity contribution is 8.26. The number of ether oxygens (including phenoxy) is 2. The summed E-state index contributed by atoms with van der Waals surface area (Å²) >= 11 is 6.35. The van der Waals surface area contributed by atoms with Crippen LogP contribution in [0.15, 0.2) is 53.4 Å². The van der Waals surface area contributed by atoms with Crippen molar-refractivity contribution in [1.29, 1.82) is 0 Å². The molecule has 0 bridgehead atoms. The Morgan fingerprint density at radius 2 is 1.74 bits per heavy atom. The lowest BCUT2D eigenvalue weighted by atomic mass is 10.2. The molecule has 0 unspecified atom stereocenters. The van der Waals surface area contributed by atoms with Gasteiger partial charge in [-0.05, 0) is 48.1 Å². The van der Waals surface area contributed by atoms with E-state index in [0.29, 0.717) is 22.0 Å². The third-order valence-corrected chi connectivity index (χ3v) is 5.02. The van der Waals surface area contributed by atoms with Gasteiger partial charge in [0.15, 0.2) is 4.32 Å². The molecular weight excluding hydrogens is 384 g/mol. The van der Waals surface area contributed by atoms with Gasteiger partial charge in [-0.3, -0.25) is 15.0 Å². The summed E-state index contributed by atoms with van der Waals surface area (Å²) in [6, 6.07) is 13.9. The maximum atomic E-state index is 12.7. The first kappa shape index (κ1) is 18.9. The Morgan fingerprint density at radius 3 is 2.33 bits per heavy atom. The summed E-state index contributed by atoms with van der Waals surface area (Å²) in [5.74, 6) is 0.411. The number of methoxy groups -OCH3 is 2. The van der Waals surface area contributed by atoms with Gasteiger partial charge < -0.3 is 9.47 Å². The van der Waals surface area contributed by atoms with Crippen LogP contribution in [0.2, 0.25) is 0 Å². The number of hydrogen-bond acceptors (Lipinski definition) is 6. The molecule has 0 saturated carbocycles. The van der Waals surface area contributed by atoms with Crippen molar-refractivity contribution in [3.05, 3.63) is 64.6 Å². The molecule has 0 atom stereocenters. The fourth-order valence-corrected chi connectivity index (χ4v) is 3.56. The number of nitrogens with one attached hydrogen (secondary N) is 1. The zero-order valence-electron chi connectivity index (χ0n) is 14.6. The molecule has 27 heavy (non-hydrogen) atoms. The Balaban J connectivity index is 1.81. The van der Waals surface area contributed by atoms with Gasteiger partial charge in [0.2, 0.25) is 0 Å². The largest absolute Gasteiger partial charge is 0.497 e. The smallest absolute Gasteiger partial charge is 0.285 e. The molecule has 8 heteroatoms. The molecule has 3 rings (SSSR count). The van der Waals surface area contributed by atoms with E-state index in [1.165, 1.54) is 0 Å². The fraction of sp³-hybridized carbons (Fsp3) is 0.105. The zero-order valence-corrected chi connectivity index (χ0v) is 16.2. The molecule has 1 aliphatic heterocycles. The number of benzene rings is 2. The molecule has 1 fully saturated rings. The number of thiocarbonyl (C=S) groups is 1. The molecule has 1 aliphatic rings. The number of carbonyl (C=O) groups excluding carboxylic acids is 2. The van der Waals surface area contributed by atoms with E-state index in [9.17, 15) is 9.59 Å². The van der Waals surface area contributed by atoms with Crippen molar-refractivity contribution in [3.8, 4) is 11.5 Å². The van der Waals surface area contributed by atoms with Crippen molar-refractivity contribution in [1.82, 2.24) is 10.4 Å². The Bertz CT molecular complexity index is 906. The van der Waals surface area contributed by atoms with Gasteiger partial charge in [-0.1, -0.05) is 30.0 Å². The summed E-state index contributed by atoms with van der Waals surface area (Å²) in [5, 5.41) is 1.08. The average Bonchev–Trinajstić information content (AvgIpc) is 2.95. The van der Waals surface area contributed by atoms with Crippen LogP contribution in [0.3, 0.4) is 0 Å². The summed E-state index contributed by atoms with van der Waals surface area (Å²) < 4.78 is 10.7. The molecule has 1 heterocycles. The van der Waals surface area contributed by atoms with Crippen LogP contribution in [0.25, 0.3) is 6.08 Å². The van der Waals surface area contributed by atoms with Gasteiger partial charge in [-0.25, -0.2) is 0 Å². The van der Waals surface area contributed by atoms with Crippen LogP contribution in [0.5, 0.6) is 11.5 Å². The molecule has 1 N–H and O–H groups in total. The van der Waals surface area contributed by atoms with Gasteiger partial charge in [0.1, 0.15) is 11.5 Å². The lowest BCUT2D eigenvalue weighted by Crippen LogP contribution is -2.44. The lowest BCUT2D eigenvalue weighted by Gasteiger charge is -2.15. The minimum atomic E-state index is -0.406. The number of carbonyl (C=O) groups is 2.